The van der Waals surface area contributed by atoms with Gasteiger partial charge in [-0.1, -0.05) is 152 Å². The highest BCUT2D eigenvalue weighted by Crippen LogP contribution is 2.45. The summed E-state index contributed by atoms with van der Waals surface area (Å²) in [6.45, 7) is 0. The number of hydrogen-bond donors (Lipinski definition) is 0. The molecule has 4 nitrogen and oxygen atoms in total. The smallest absolute Gasteiger partial charge is 0.227 e. The van der Waals surface area contributed by atoms with E-state index in [0.29, 0.717) is 5.89 Å². The van der Waals surface area contributed by atoms with Gasteiger partial charge in [0.15, 0.2) is 5.58 Å². The van der Waals surface area contributed by atoms with Crippen molar-refractivity contribution in [2.24, 2.45) is 0 Å². The first-order chi connectivity index (χ1) is 31.2. The molecule has 0 unspecified atom stereocenters. The average Bonchev–Trinajstić information content (AvgIpc) is 3.96. The molecule has 0 saturated carbocycles. The number of rotatable bonds is 8. The van der Waals surface area contributed by atoms with E-state index >= 15 is 0 Å². The Morgan fingerprint density at radius 1 is 0.302 bits per heavy atom. The van der Waals surface area contributed by atoms with Crippen molar-refractivity contribution in [3.8, 4) is 56.0 Å². The highest BCUT2D eigenvalue weighted by atomic mass is 16.3. The Morgan fingerprint density at radius 2 is 0.825 bits per heavy atom. The van der Waals surface area contributed by atoms with Crippen molar-refractivity contribution >= 4 is 60.9 Å². The molecule has 0 aliphatic rings. The maximum atomic E-state index is 6.78. The van der Waals surface area contributed by atoms with Crippen molar-refractivity contribution in [3.63, 3.8) is 0 Å². The first-order valence-electron chi connectivity index (χ1n) is 21.3. The standard InChI is InChI=1S/C59H38N2O2/c1-5-15-39(16-6-1)42-25-28-47(29-26-42)61(49-34-45(40-17-7-2-8-18-40)33-46(35-49)41-19-9-3-10-20-41)48-30-32-55-53(37-48)58-51-24-14-13-23-50(51)52(38-57(58)62-55)44-27-31-56-54(36-44)60-59(63-56)43-21-11-4-12-22-43/h1-38H. The van der Waals surface area contributed by atoms with E-state index in [-0.39, 0.29) is 0 Å². The highest BCUT2D eigenvalue weighted by molar-refractivity contribution is 6.22. The quantitative estimate of drug-likeness (QED) is 0.153. The van der Waals surface area contributed by atoms with Gasteiger partial charge in [0.1, 0.15) is 16.7 Å². The van der Waals surface area contributed by atoms with Gasteiger partial charge in [-0.15, -0.1) is 0 Å². The van der Waals surface area contributed by atoms with Gasteiger partial charge >= 0.3 is 0 Å². The molecule has 12 rings (SSSR count). The third kappa shape index (κ3) is 6.62. The van der Waals surface area contributed by atoms with Crippen LogP contribution in [0.2, 0.25) is 0 Å². The van der Waals surface area contributed by atoms with Crippen LogP contribution >= 0.6 is 0 Å². The molecule has 2 aromatic heterocycles. The lowest BCUT2D eigenvalue weighted by Crippen LogP contribution is -2.10. The zero-order valence-corrected chi connectivity index (χ0v) is 34.2. The number of aromatic nitrogens is 1. The van der Waals surface area contributed by atoms with Crippen molar-refractivity contribution in [1.29, 1.82) is 0 Å². The molecular formula is C59H38N2O2. The fraction of sp³-hybridized carbons (Fsp3) is 0. The van der Waals surface area contributed by atoms with E-state index in [4.69, 9.17) is 13.8 Å². The topological polar surface area (TPSA) is 42.4 Å². The summed E-state index contributed by atoms with van der Waals surface area (Å²) in [5.41, 5.74) is 16.4. The highest BCUT2D eigenvalue weighted by Gasteiger charge is 2.21. The Hall–Kier alpha value is -8.47. The largest absolute Gasteiger partial charge is 0.456 e. The van der Waals surface area contributed by atoms with Crippen molar-refractivity contribution in [3.05, 3.63) is 231 Å². The van der Waals surface area contributed by atoms with Crippen LogP contribution in [-0.2, 0) is 0 Å². The van der Waals surface area contributed by atoms with Gasteiger partial charge in [-0.2, -0.15) is 0 Å². The van der Waals surface area contributed by atoms with Crippen LogP contribution in [0.4, 0.5) is 17.1 Å². The van der Waals surface area contributed by atoms with Crippen LogP contribution in [-0.4, -0.2) is 4.98 Å². The molecule has 0 aliphatic heterocycles. The number of anilines is 3. The van der Waals surface area contributed by atoms with Crippen LogP contribution in [0, 0.1) is 0 Å². The lowest BCUT2D eigenvalue weighted by molar-refractivity contribution is 0.620. The molecule has 12 aromatic rings. The maximum absolute atomic E-state index is 6.78. The van der Waals surface area contributed by atoms with Gasteiger partial charge < -0.3 is 13.7 Å². The van der Waals surface area contributed by atoms with Gasteiger partial charge in [0.2, 0.25) is 5.89 Å². The van der Waals surface area contributed by atoms with Crippen molar-refractivity contribution in [2.45, 2.75) is 0 Å². The number of hydrogen-bond acceptors (Lipinski definition) is 4. The second kappa shape index (κ2) is 15.2. The summed E-state index contributed by atoms with van der Waals surface area (Å²) in [4.78, 5) is 7.27. The third-order valence-electron chi connectivity index (χ3n) is 12.1. The SMILES string of the molecule is c1ccc(-c2ccc(N(c3cc(-c4ccccc4)cc(-c4ccccc4)c3)c3ccc4oc5cc(-c6ccc7oc(-c8ccccc8)nc7c6)c6ccccc6c5c4c3)cc2)cc1. The van der Waals surface area contributed by atoms with Crippen LogP contribution in [0.3, 0.4) is 0 Å². The second-order valence-electron chi connectivity index (χ2n) is 15.9. The number of oxazole rings is 1. The Kier molecular flexibility index (Phi) is 8.79. The molecule has 2 heterocycles. The summed E-state index contributed by atoms with van der Waals surface area (Å²) >= 11 is 0. The number of fused-ring (bicyclic) bond motifs is 6. The molecular weight excluding hydrogens is 769 g/mol. The first kappa shape index (κ1) is 36.4. The summed E-state index contributed by atoms with van der Waals surface area (Å²) in [6.07, 6.45) is 0. The predicted octanol–water partition coefficient (Wildman–Crippen LogP) is 16.7. The van der Waals surface area contributed by atoms with Crippen LogP contribution in [0.5, 0.6) is 0 Å². The van der Waals surface area contributed by atoms with E-state index in [2.05, 4.69) is 199 Å². The Morgan fingerprint density at radius 3 is 1.48 bits per heavy atom. The summed E-state index contributed by atoms with van der Waals surface area (Å²) in [5.74, 6) is 0.611. The number of benzene rings is 10. The van der Waals surface area contributed by atoms with Crippen molar-refractivity contribution < 1.29 is 8.83 Å². The minimum absolute atomic E-state index is 0.611. The second-order valence-corrected chi connectivity index (χ2v) is 15.9. The van der Waals surface area contributed by atoms with Crippen LogP contribution < -0.4 is 4.90 Å². The molecule has 296 valence electrons. The summed E-state index contributed by atoms with van der Waals surface area (Å²) in [6, 6.07) is 81.3. The summed E-state index contributed by atoms with van der Waals surface area (Å²) < 4.78 is 13.0. The zero-order chi connectivity index (χ0) is 41.7. The van der Waals surface area contributed by atoms with E-state index < -0.39 is 0 Å². The first-order valence-corrected chi connectivity index (χ1v) is 21.3. The van der Waals surface area contributed by atoms with E-state index in [1.165, 1.54) is 11.1 Å². The molecule has 0 amide bonds. The molecule has 0 atom stereocenters. The summed E-state index contributed by atoms with van der Waals surface area (Å²) in [7, 11) is 0. The van der Waals surface area contributed by atoms with Gasteiger partial charge in [-0.25, -0.2) is 4.98 Å². The molecule has 0 aliphatic carbocycles. The van der Waals surface area contributed by atoms with Crippen molar-refractivity contribution in [1.82, 2.24) is 4.98 Å². The zero-order valence-electron chi connectivity index (χ0n) is 34.2. The number of furan rings is 1. The molecule has 63 heavy (non-hydrogen) atoms. The normalized spacial score (nSPS) is 11.5. The molecule has 0 radical (unpaired) electrons. The molecule has 4 heteroatoms. The molecule has 0 N–H and O–H groups in total. The average molecular weight is 807 g/mol. The Balaban J connectivity index is 1.04. The minimum Gasteiger partial charge on any atom is -0.456 e. The lowest BCUT2D eigenvalue weighted by atomic mass is 9.94. The van der Waals surface area contributed by atoms with Gasteiger partial charge in [-0.3, -0.25) is 0 Å². The van der Waals surface area contributed by atoms with Gasteiger partial charge in [0, 0.05) is 33.4 Å². The monoisotopic (exact) mass is 806 g/mol. The fourth-order valence-corrected chi connectivity index (χ4v) is 9.02. The Bertz CT molecular complexity index is 3540. The Labute approximate surface area is 364 Å². The number of nitrogens with zero attached hydrogens (tertiary/aromatic N) is 2. The summed E-state index contributed by atoms with van der Waals surface area (Å²) in [5, 5.41) is 4.41. The maximum Gasteiger partial charge on any atom is 0.227 e. The van der Waals surface area contributed by atoms with E-state index in [0.717, 1.165) is 99.8 Å². The predicted molar refractivity (Wildman–Crippen MR) is 261 cm³/mol. The van der Waals surface area contributed by atoms with E-state index in [1.54, 1.807) is 0 Å². The van der Waals surface area contributed by atoms with Crippen LogP contribution in [0.15, 0.2) is 239 Å². The van der Waals surface area contributed by atoms with E-state index in [9.17, 15) is 0 Å². The van der Waals surface area contributed by atoms with Crippen molar-refractivity contribution in [2.75, 3.05) is 4.90 Å². The minimum atomic E-state index is 0.611. The molecule has 0 spiro atoms. The molecule has 0 saturated heterocycles. The lowest BCUT2D eigenvalue weighted by Gasteiger charge is -2.27. The van der Waals surface area contributed by atoms with Gasteiger partial charge in [0.25, 0.3) is 0 Å². The van der Waals surface area contributed by atoms with Crippen LogP contribution in [0.1, 0.15) is 0 Å². The van der Waals surface area contributed by atoms with Gasteiger partial charge in [-0.05, 0) is 134 Å². The third-order valence-corrected chi connectivity index (χ3v) is 12.1. The van der Waals surface area contributed by atoms with E-state index in [1.807, 2.05) is 36.4 Å². The van der Waals surface area contributed by atoms with Crippen LogP contribution in [0.25, 0.3) is 99.8 Å². The fourth-order valence-electron chi connectivity index (χ4n) is 9.02. The molecule has 10 aromatic carbocycles. The molecule has 0 bridgehead atoms. The van der Waals surface area contributed by atoms with Gasteiger partial charge in [0.05, 0.1) is 0 Å². The molecule has 0 fully saturated rings.